The molecule has 2 aromatic rings. The van der Waals surface area contributed by atoms with Gasteiger partial charge in [0.2, 0.25) is 0 Å². The molecule has 1 aromatic carbocycles. The molecule has 1 atom stereocenters. The second kappa shape index (κ2) is 5.31. The van der Waals surface area contributed by atoms with E-state index in [4.69, 9.17) is 11.6 Å². The molecule has 0 amide bonds. The number of hydrogen-bond donors (Lipinski definition) is 1. The molecule has 1 aliphatic heterocycles. The van der Waals surface area contributed by atoms with Gasteiger partial charge in [0.1, 0.15) is 5.82 Å². The van der Waals surface area contributed by atoms with Crippen molar-refractivity contribution in [2.24, 2.45) is 0 Å². The maximum absolute atomic E-state index is 14.0. The van der Waals surface area contributed by atoms with Crippen LogP contribution in [0.3, 0.4) is 0 Å². The fourth-order valence-electron chi connectivity index (χ4n) is 2.54. The number of nitrogens with zero attached hydrogens (tertiary/aromatic N) is 2. The first kappa shape index (κ1) is 12.6. The lowest BCUT2D eigenvalue weighted by Gasteiger charge is -2.24. The summed E-state index contributed by atoms with van der Waals surface area (Å²) < 4.78 is 15.7. The second-order valence-electron chi connectivity index (χ2n) is 4.79. The number of piperidine rings is 1. The molecule has 1 N–H and O–H groups in total. The molecule has 1 saturated heterocycles. The summed E-state index contributed by atoms with van der Waals surface area (Å²) in [5.74, 6) is -0.292. The van der Waals surface area contributed by atoms with Crippen molar-refractivity contribution in [2.45, 2.75) is 25.3 Å². The molecule has 0 aliphatic carbocycles. The third-order valence-electron chi connectivity index (χ3n) is 3.50. The van der Waals surface area contributed by atoms with Crippen molar-refractivity contribution in [3.8, 4) is 5.69 Å². The maximum Gasteiger partial charge on any atom is 0.147 e. The summed E-state index contributed by atoms with van der Waals surface area (Å²) in [6.07, 6.45) is 6.86. The minimum atomic E-state index is -0.292. The van der Waals surface area contributed by atoms with Crippen molar-refractivity contribution >= 4 is 11.6 Å². The van der Waals surface area contributed by atoms with E-state index < -0.39 is 0 Å². The van der Waals surface area contributed by atoms with Gasteiger partial charge in [-0.2, -0.15) is 0 Å². The summed E-state index contributed by atoms with van der Waals surface area (Å²) in [6.45, 7) is 0.994. The van der Waals surface area contributed by atoms with Gasteiger partial charge >= 0.3 is 0 Å². The summed E-state index contributed by atoms with van der Waals surface area (Å²) in [5, 5.41) is 3.97. The van der Waals surface area contributed by atoms with Crippen molar-refractivity contribution in [2.75, 3.05) is 6.54 Å². The van der Waals surface area contributed by atoms with E-state index in [0.29, 0.717) is 10.7 Å². The van der Waals surface area contributed by atoms with E-state index in [2.05, 4.69) is 10.3 Å². The summed E-state index contributed by atoms with van der Waals surface area (Å²) in [7, 11) is 0. The van der Waals surface area contributed by atoms with Crippen molar-refractivity contribution in [1.29, 1.82) is 0 Å². The average molecular weight is 280 g/mol. The normalized spacial score (nSPS) is 19.6. The summed E-state index contributed by atoms with van der Waals surface area (Å²) in [4.78, 5) is 4.16. The standard InChI is InChI=1S/C14H15ClFN3/c15-10-4-5-11(16)13(7-10)19-9-17-8-14(19)12-3-1-2-6-18-12/h4-5,7-9,12,18H,1-3,6H2. The third-order valence-corrected chi connectivity index (χ3v) is 3.74. The molecule has 0 spiro atoms. The second-order valence-corrected chi connectivity index (χ2v) is 5.22. The first-order valence-corrected chi connectivity index (χ1v) is 6.84. The van der Waals surface area contributed by atoms with E-state index >= 15 is 0 Å². The van der Waals surface area contributed by atoms with Crippen LogP contribution in [0.2, 0.25) is 5.02 Å². The van der Waals surface area contributed by atoms with E-state index in [1.165, 1.54) is 18.9 Å². The highest BCUT2D eigenvalue weighted by Crippen LogP contribution is 2.27. The number of rotatable bonds is 2. The van der Waals surface area contributed by atoms with Crippen LogP contribution in [-0.2, 0) is 0 Å². The molecule has 0 saturated carbocycles. The molecule has 19 heavy (non-hydrogen) atoms. The first-order valence-electron chi connectivity index (χ1n) is 6.47. The van der Waals surface area contributed by atoms with Crippen molar-refractivity contribution in [3.05, 3.63) is 47.3 Å². The van der Waals surface area contributed by atoms with E-state index in [-0.39, 0.29) is 11.9 Å². The van der Waals surface area contributed by atoms with Gasteiger partial charge in [-0.3, -0.25) is 4.57 Å². The SMILES string of the molecule is Fc1ccc(Cl)cc1-n1cncc1C1CCCCN1. The van der Waals surface area contributed by atoms with Gasteiger partial charge in [-0.05, 0) is 37.6 Å². The van der Waals surface area contributed by atoms with Gasteiger partial charge in [0, 0.05) is 11.1 Å². The smallest absolute Gasteiger partial charge is 0.147 e. The summed E-state index contributed by atoms with van der Waals surface area (Å²) in [6, 6.07) is 4.80. The van der Waals surface area contributed by atoms with Gasteiger partial charge in [0.25, 0.3) is 0 Å². The van der Waals surface area contributed by atoms with Gasteiger partial charge in [0.05, 0.1) is 23.9 Å². The number of nitrogens with one attached hydrogen (secondary N) is 1. The molecule has 1 aromatic heterocycles. The molecule has 5 heteroatoms. The largest absolute Gasteiger partial charge is 0.309 e. The zero-order chi connectivity index (χ0) is 13.2. The van der Waals surface area contributed by atoms with E-state index in [9.17, 15) is 4.39 Å². The third kappa shape index (κ3) is 2.51. The van der Waals surface area contributed by atoms with Gasteiger partial charge in [-0.1, -0.05) is 18.0 Å². The highest BCUT2D eigenvalue weighted by atomic mass is 35.5. The molecule has 1 aliphatic rings. The lowest BCUT2D eigenvalue weighted by Crippen LogP contribution is -2.28. The van der Waals surface area contributed by atoms with Gasteiger partial charge in [-0.25, -0.2) is 9.37 Å². The van der Waals surface area contributed by atoms with E-state index in [0.717, 1.165) is 18.7 Å². The summed E-state index contributed by atoms with van der Waals surface area (Å²) >= 11 is 5.96. The molecule has 3 rings (SSSR count). The molecule has 2 heterocycles. The molecule has 1 fully saturated rings. The van der Waals surface area contributed by atoms with Crippen LogP contribution in [0, 0.1) is 5.82 Å². The molecule has 1 unspecified atom stereocenters. The Morgan fingerprint density at radius 3 is 3.05 bits per heavy atom. The number of aromatic nitrogens is 2. The predicted octanol–water partition coefficient (Wildman–Crippen LogP) is 3.48. The molecule has 100 valence electrons. The fourth-order valence-corrected chi connectivity index (χ4v) is 2.71. The van der Waals surface area contributed by atoms with Crippen LogP contribution in [0.5, 0.6) is 0 Å². The van der Waals surface area contributed by atoms with E-state index in [1.54, 1.807) is 29.2 Å². The number of imidazole rings is 1. The summed E-state index contributed by atoms with van der Waals surface area (Å²) in [5.41, 5.74) is 1.44. The fraction of sp³-hybridized carbons (Fsp3) is 0.357. The number of halogens is 2. The van der Waals surface area contributed by atoms with Crippen LogP contribution in [0.4, 0.5) is 4.39 Å². The Morgan fingerprint density at radius 2 is 2.26 bits per heavy atom. The van der Waals surface area contributed by atoms with E-state index in [1.807, 2.05) is 0 Å². The molecule has 0 bridgehead atoms. The minimum Gasteiger partial charge on any atom is -0.309 e. The van der Waals surface area contributed by atoms with Crippen LogP contribution < -0.4 is 5.32 Å². The van der Waals surface area contributed by atoms with Crippen LogP contribution in [-0.4, -0.2) is 16.1 Å². The van der Waals surface area contributed by atoms with Gasteiger partial charge in [0.15, 0.2) is 0 Å². The van der Waals surface area contributed by atoms with Gasteiger partial charge in [-0.15, -0.1) is 0 Å². The monoisotopic (exact) mass is 279 g/mol. The predicted molar refractivity (Wildman–Crippen MR) is 73.1 cm³/mol. The number of hydrogen-bond acceptors (Lipinski definition) is 2. The lowest BCUT2D eigenvalue weighted by molar-refractivity contribution is 0.401. The Hall–Kier alpha value is -1.39. The Morgan fingerprint density at radius 1 is 1.37 bits per heavy atom. The van der Waals surface area contributed by atoms with Crippen LogP contribution in [0.15, 0.2) is 30.7 Å². The Bertz CT molecular complexity index is 576. The van der Waals surface area contributed by atoms with Gasteiger partial charge < -0.3 is 5.32 Å². The Kier molecular flexibility index (Phi) is 3.53. The molecular weight excluding hydrogens is 265 g/mol. The molecule has 0 radical (unpaired) electrons. The van der Waals surface area contributed by atoms with Crippen molar-refractivity contribution < 1.29 is 4.39 Å². The van der Waals surface area contributed by atoms with Crippen LogP contribution >= 0.6 is 11.6 Å². The average Bonchev–Trinajstić information content (AvgIpc) is 2.91. The Labute approximate surface area is 116 Å². The molecular formula is C14H15ClFN3. The van der Waals surface area contributed by atoms with Crippen molar-refractivity contribution in [1.82, 2.24) is 14.9 Å². The van der Waals surface area contributed by atoms with Crippen LogP contribution in [0.25, 0.3) is 5.69 Å². The molecule has 3 nitrogen and oxygen atoms in total. The topological polar surface area (TPSA) is 29.9 Å². The van der Waals surface area contributed by atoms with Crippen molar-refractivity contribution in [3.63, 3.8) is 0 Å². The highest BCUT2D eigenvalue weighted by molar-refractivity contribution is 6.30. The van der Waals surface area contributed by atoms with Crippen LogP contribution in [0.1, 0.15) is 31.0 Å². The highest BCUT2D eigenvalue weighted by Gasteiger charge is 2.20. The minimum absolute atomic E-state index is 0.231. The lowest BCUT2D eigenvalue weighted by atomic mass is 10.0. The zero-order valence-corrected chi connectivity index (χ0v) is 11.2. The Balaban J connectivity index is 2.01. The zero-order valence-electron chi connectivity index (χ0n) is 10.4. The maximum atomic E-state index is 14.0. The number of benzene rings is 1. The first-order chi connectivity index (χ1) is 9.25. The quantitative estimate of drug-likeness (QED) is 0.912.